The van der Waals surface area contributed by atoms with Crippen LogP contribution in [0.25, 0.3) is 0 Å². The Labute approximate surface area is 199 Å². The van der Waals surface area contributed by atoms with Crippen LogP contribution in [-0.2, 0) is 0 Å². The number of ether oxygens (including phenoxy) is 1. The Hall–Kier alpha value is -2.94. The third kappa shape index (κ3) is 7.28. The fourth-order valence-electron chi connectivity index (χ4n) is 3.97. The fourth-order valence-corrected chi connectivity index (χ4v) is 3.97. The lowest BCUT2D eigenvalue weighted by atomic mass is 10.1. The summed E-state index contributed by atoms with van der Waals surface area (Å²) in [6.07, 6.45) is -3.45. The molecule has 186 valence electrons. The van der Waals surface area contributed by atoms with Crippen LogP contribution in [0.1, 0.15) is 22.3 Å². The Kier molecular flexibility index (Phi) is 8.66. The number of rotatable bonds is 9. The smallest absolute Gasteiger partial charge is 0.422 e. The molecule has 0 aliphatic carbocycles. The largest absolute Gasteiger partial charge is 0.482 e. The summed E-state index contributed by atoms with van der Waals surface area (Å²) >= 11 is 0. The average Bonchev–Trinajstić information content (AvgIpc) is 2.81. The molecule has 0 bridgehead atoms. The van der Waals surface area contributed by atoms with E-state index in [1.165, 1.54) is 0 Å². The molecule has 0 aromatic heterocycles. The number of nitrogens with zero attached hydrogens (tertiary/aromatic N) is 3. The van der Waals surface area contributed by atoms with Crippen LogP contribution in [0, 0.1) is 6.92 Å². The molecule has 1 fully saturated rings. The van der Waals surface area contributed by atoms with Gasteiger partial charge in [0.1, 0.15) is 5.75 Å². The van der Waals surface area contributed by atoms with Crippen molar-refractivity contribution in [3.05, 3.63) is 53.6 Å². The normalized spacial score (nSPS) is 14.7. The maximum atomic E-state index is 12.6. The lowest BCUT2D eigenvalue weighted by Gasteiger charge is -2.36. The number of para-hydroxylation sites is 2. The summed E-state index contributed by atoms with van der Waals surface area (Å²) in [6, 6.07) is 12.7. The molecule has 0 spiro atoms. The molecule has 6 nitrogen and oxygen atoms in total. The SMILES string of the molecule is Cc1ccc(NCCCN2CCN(c3ccccc3OCC(F)(F)F)CC2)c(C(=O)N(C)C)c1. The molecule has 2 aromatic rings. The number of amides is 1. The fraction of sp³-hybridized carbons (Fsp3) is 0.480. The molecule has 1 aliphatic rings. The summed E-state index contributed by atoms with van der Waals surface area (Å²) in [6.45, 7) is 5.40. The molecular weight excluding hydrogens is 445 g/mol. The molecule has 1 aliphatic heterocycles. The van der Waals surface area contributed by atoms with Gasteiger partial charge in [-0.25, -0.2) is 0 Å². The number of anilines is 2. The van der Waals surface area contributed by atoms with E-state index in [0.717, 1.165) is 56.9 Å². The van der Waals surface area contributed by atoms with Gasteiger partial charge in [-0.1, -0.05) is 23.8 Å². The first-order chi connectivity index (χ1) is 16.1. The molecular formula is C25H33F3N4O2. The minimum absolute atomic E-state index is 0.0261. The number of hydrogen-bond donors (Lipinski definition) is 1. The van der Waals surface area contributed by atoms with Gasteiger partial charge in [0.15, 0.2) is 6.61 Å². The minimum atomic E-state index is -4.36. The number of aryl methyl sites for hydroxylation is 1. The Bertz CT molecular complexity index is 957. The quantitative estimate of drug-likeness (QED) is 0.546. The molecule has 1 saturated heterocycles. The highest BCUT2D eigenvalue weighted by Crippen LogP contribution is 2.30. The van der Waals surface area contributed by atoms with Gasteiger partial charge in [-0.05, 0) is 44.2 Å². The first kappa shape index (κ1) is 25.7. The minimum Gasteiger partial charge on any atom is -0.482 e. The van der Waals surface area contributed by atoms with E-state index >= 15 is 0 Å². The number of carbonyl (C=O) groups excluding carboxylic acids is 1. The topological polar surface area (TPSA) is 48.1 Å². The molecule has 0 atom stereocenters. The van der Waals surface area contributed by atoms with E-state index in [0.29, 0.717) is 11.3 Å². The second-order valence-electron chi connectivity index (χ2n) is 8.73. The second-order valence-corrected chi connectivity index (χ2v) is 8.73. The Balaban J connectivity index is 1.46. The second kappa shape index (κ2) is 11.5. The molecule has 9 heteroatoms. The summed E-state index contributed by atoms with van der Waals surface area (Å²) in [4.78, 5) is 18.5. The number of hydrogen-bond acceptors (Lipinski definition) is 5. The van der Waals surface area contributed by atoms with Crippen LogP contribution in [0.15, 0.2) is 42.5 Å². The van der Waals surface area contributed by atoms with Gasteiger partial charge in [-0.2, -0.15) is 13.2 Å². The summed E-state index contributed by atoms with van der Waals surface area (Å²) in [5.41, 5.74) is 3.25. The average molecular weight is 479 g/mol. The van der Waals surface area contributed by atoms with Gasteiger partial charge in [0.25, 0.3) is 5.91 Å². The molecule has 0 unspecified atom stereocenters. The van der Waals surface area contributed by atoms with Gasteiger partial charge in [0, 0.05) is 52.5 Å². The van der Waals surface area contributed by atoms with Gasteiger partial charge in [0.05, 0.1) is 11.3 Å². The van der Waals surface area contributed by atoms with Crippen molar-refractivity contribution < 1.29 is 22.7 Å². The summed E-state index contributed by atoms with van der Waals surface area (Å²) in [5, 5.41) is 3.39. The highest BCUT2D eigenvalue weighted by molar-refractivity contribution is 5.99. The van der Waals surface area contributed by atoms with Gasteiger partial charge in [-0.15, -0.1) is 0 Å². The van der Waals surface area contributed by atoms with E-state index in [1.54, 1.807) is 37.2 Å². The van der Waals surface area contributed by atoms with E-state index < -0.39 is 12.8 Å². The lowest BCUT2D eigenvalue weighted by Crippen LogP contribution is -2.47. The maximum Gasteiger partial charge on any atom is 0.422 e. The van der Waals surface area contributed by atoms with E-state index in [1.807, 2.05) is 31.2 Å². The number of halogens is 3. The molecule has 1 amide bonds. The van der Waals surface area contributed by atoms with Crippen LogP contribution < -0.4 is 15.0 Å². The number of nitrogens with one attached hydrogen (secondary N) is 1. The Morgan fingerprint density at radius 2 is 1.79 bits per heavy atom. The molecule has 0 saturated carbocycles. The standard InChI is InChI=1S/C25H33F3N4O2/c1-19-9-10-21(20(17-19)24(33)30(2)3)29-11-6-12-31-13-15-32(16-14-31)22-7-4-5-8-23(22)34-18-25(26,27)28/h4-5,7-10,17,29H,6,11-16,18H2,1-3H3. The molecule has 1 N–H and O–H groups in total. The Morgan fingerprint density at radius 1 is 1.09 bits per heavy atom. The molecule has 34 heavy (non-hydrogen) atoms. The van der Waals surface area contributed by atoms with Gasteiger partial charge >= 0.3 is 6.18 Å². The number of alkyl halides is 3. The van der Waals surface area contributed by atoms with Crippen molar-refractivity contribution in [2.24, 2.45) is 0 Å². The lowest BCUT2D eigenvalue weighted by molar-refractivity contribution is -0.153. The zero-order chi connectivity index (χ0) is 24.7. The van der Waals surface area contributed by atoms with Gasteiger partial charge < -0.3 is 19.9 Å². The highest BCUT2D eigenvalue weighted by Gasteiger charge is 2.29. The molecule has 2 aromatic carbocycles. The highest BCUT2D eigenvalue weighted by atomic mass is 19.4. The predicted molar refractivity (Wildman–Crippen MR) is 129 cm³/mol. The molecule has 0 radical (unpaired) electrons. The Morgan fingerprint density at radius 3 is 2.47 bits per heavy atom. The van der Waals surface area contributed by atoms with Crippen molar-refractivity contribution in [2.75, 3.05) is 70.2 Å². The van der Waals surface area contributed by atoms with Crippen molar-refractivity contribution in [1.29, 1.82) is 0 Å². The van der Waals surface area contributed by atoms with Crippen molar-refractivity contribution in [3.8, 4) is 5.75 Å². The molecule has 3 rings (SSSR count). The van der Waals surface area contributed by atoms with Gasteiger partial charge in [-0.3, -0.25) is 9.69 Å². The van der Waals surface area contributed by atoms with Crippen molar-refractivity contribution >= 4 is 17.3 Å². The zero-order valence-electron chi connectivity index (χ0n) is 20.0. The zero-order valence-corrected chi connectivity index (χ0v) is 20.0. The first-order valence-electron chi connectivity index (χ1n) is 11.5. The van der Waals surface area contributed by atoms with Crippen LogP contribution in [0.2, 0.25) is 0 Å². The number of carbonyl (C=O) groups is 1. The van der Waals surface area contributed by atoms with E-state index in [-0.39, 0.29) is 11.7 Å². The third-order valence-corrected chi connectivity index (χ3v) is 5.75. The van der Waals surface area contributed by atoms with Crippen LogP contribution in [0.4, 0.5) is 24.5 Å². The number of piperazine rings is 1. The van der Waals surface area contributed by atoms with Crippen molar-refractivity contribution in [3.63, 3.8) is 0 Å². The van der Waals surface area contributed by atoms with Crippen LogP contribution >= 0.6 is 0 Å². The first-order valence-corrected chi connectivity index (χ1v) is 11.5. The third-order valence-electron chi connectivity index (χ3n) is 5.75. The number of benzene rings is 2. The predicted octanol–water partition coefficient (Wildman–Crippen LogP) is 4.26. The monoisotopic (exact) mass is 478 g/mol. The van der Waals surface area contributed by atoms with E-state index in [2.05, 4.69) is 15.1 Å². The van der Waals surface area contributed by atoms with E-state index in [4.69, 9.17) is 4.74 Å². The van der Waals surface area contributed by atoms with Crippen LogP contribution in [0.3, 0.4) is 0 Å². The summed E-state index contributed by atoms with van der Waals surface area (Å²) in [7, 11) is 3.49. The van der Waals surface area contributed by atoms with Crippen LogP contribution in [-0.4, -0.2) is 81.9 Å². The van der Waals surface area contributed by atoms with Crippen molar-refractivity contribution in [2.45, 2.75) is 19.5 Å². The maximum absolute atomic E-state index is 12.6. The van der Waals surface area contributed by atoms with Crippen molar-refractivity contribution in [1.82, 2.24) is 9.80 Å². The summed E-state index contributed by atoms with van der Waals surface area (Å²) in [5.74, 6) is 0.237. The molecule has 1 heterocycles. The van der Waals surface area contributed by atoms with Crippen LogP contribution in [0.5, 0.6) is 5.75 Å². The van der Waals surface area contributed by atoms with Gasteiger partial charge in [0.2, 0.25) is 0 Å². The van der Waals surface area contributed by atoms with E-state index in [9.17, 15) is 18.0 Å². The summed E-state index contributed by atoms with van der Waals surface area (Å²) < 4.78 is 42.7.